The number of rotatable bonds is 3. The number of hydrogen-bond donors (Lipinski definition) is 2. The third-order valence-corrected chi connectivity index (χ3v) is 3.33. The van der Waals surface area contributed by atoms with Gasteiger partial charge in [0.15, 0.2) is 0 Å². The van der Waals surface area contributed by atoms with Crippen molar-refractivity contribution in [3.8, 4) is 0 Å². The molecule has 0 aliphatic carbocycles. The van der Waals surface area contributed by atoms with Crippen LogP contribution in [0.3, 0.4) is 0 Å². The minimum Gasteiger partial charge on any atom is -0.392 e. The molecule has 0 bridgehead atoms. The molecule has 1 aromatic rings. The standard InChI is InChI=1S/C12H17ClN2O/c13-10-3-1-2-9(6-10)12(7-14)15-5-4-11(16)8-15/h1-3,6,11-12,16H,4-5,7-8,14H2. The second-order valence-electron chi connectivity index (χ2n) is 4.24. The number of aliphatic hydroxyl groups is 1. The van der Waals surface area contributed by atoms with Gasteiger partial charge in [0.25, 0.3) is 0 Å². The second-order valence-corrected chi connectivity index (χ2v) is 4.68. The van der Waals surface area contributed by atoms with Crippen molar-refractivity contribution in [3.05, 3.63) is 34.9 Å². The molecule has 88 valence electrons. The fraction of sp³-hybridized carbons (Fsp3) is 0.500. The zero-order valence-electron chi connectivity index (χ0n) is 9.14. The van der Waals surface area contributed by atoms with E-state index >= 15 is 0 Å². The molecule has 1 saturated heterocycles. The van der Waals surface area contributed by atoms with E-state index in [-0.39, 0.29) is 12.1 Å². The van der Waals surface area contributed by atoms with Crippen LogP contribution in [0.1, 0.15) is 18.0 Å². The summed E-state index contributed by atoms with van der Waals surface area (Å²) in [6.45, 7) is 2.15. The summed E-state index contributed by atoms with van der Waals surface area (Å²) in [5.74, 6) is 0. The van der Waals surface area contributed by atoms with E-state index in [9.17, 15) is 5.11 Å². The second kappa shape index (κ2) is 5.15. The average Bonchev–Trinajstić information content (AvgIpc) is 2.66. The van der Waals surface area contributed by atoms with Gasteiger partial charge in [-0.15, -0.1) is 0 Å². The topological polar surface area (TPSA) is 49.5 Å². The minimum atomic E-state index is -0.215. The number of nitrogens with zero attached hydrogens (tertiary/aromatic N) is 1. The number of likely N-dealkylation sites (tertiary alicyclic amines) is 1. The molecule has 3 N–H and O–H groups in total. The highest BCUT2D eigenvalue weighted by molar-refractivity contribution is 6.30. The molecule has 2 atom stereocenters. The van der Waals surface area contributed by atoms with Crippen LogP contribution >= 0.6 is 11.6 Å². The summed E-state index contributed by atoms with van der Waals surface area (Å²) in [5, 5.41) is 10.3. The summed E-state index contributed by atoms with van der Waals surface area (Å²) in [6.07, 6.45) is 0.616. The number of β-amino-alcohol motifs (C(OH)–C–C–N with tert-alkyl or cyclic N) is 1. The van der Waals surface area contributed by atoms with Gasteiger partial charge in [-0.05, 0) is 24.1 Å². The van der Waals surface area contributed by atoms with E-state index < -0.39 is 0 Å². The molecule has 1 aromatic carbocycles. The molecule has 0 spiro atoms. The first-order valence-electron chi connectivity index (χ1n) is 5.58. The largest absolute Gasteiger partial charge is 0.392 e. The predicted molar refractivity (Wildman–Crippen MR) is 65.4 cm³/mol. The van der Waals surface area contributed by atoms with Crippen molar-refractivity contribution in [2.24, 2.45) is 5.73 Å². The van der Waals surface area contributed by atoms with Gasteiger partial charge in [-0.2, -0.15) is 0 Å². The fourth-order valence-corrected chi connectivity index (χ4v) is 2.46. The monoisotopic (exact) mass is 240 g/mol. The normalized spacial score (nSPS) is 23.6. The van der Waals surface area contributed by atoms with Gasteiger partial charge in [-0.25, -0.2) is 0 Å². The highest BCUT2D eigenvalue weighted by Crippen LogP contribution is 2.26. The van der Waals surface area contributed by atoms with Gasteiger partial charge in [-0.3, -0.25) is 4.90 Å². The summed E-state index contributed by atoms with van der Waals surface area (Å²) >= 11 is 5.97. The van der Waals surface area contributed by atoms with E-state index in [4.69, 9.17) is 17.3 Å². The van der Waals surface area contributed by atoms with E-state index in [0.717, 1.165) is 23.6 Å². The molecule has 4 heteroatoms. The quantitative estimate of drug-likeness (QED) is 0.840. The van der Waals surface area contributed by atoms with Crippen LogP contribution in [-0.2, 0) is 0 Å². The van der Waals surface area contributed by atoms with Gasteiger partial charge in [0.05, 0.1) is 6.10 Å². The lowest BCUT2D eigenvalue weighted by molar-refractivity contribution is 0.160. The van der Waals surface area contributed by atoms with Crippen LogP contribution < -0.4 is 5.73 Å². The van der Waals surface area contributed by atoms with E-state index in [1.165, 1.54) is 0 Å². The third kappa shape index (κ3) is 2.55. The van der Waals surface area contributed by atoms with Crippen molar-refractivity contribution in [3.63, 3.8) is 0 Å². The van der Waals surface area contributed by atoms with Crippen LogP contribution in [0.5, 0.6) is 0 Å². The van der Waals surface area contributed by atoms with E-state index in [1.807, 2.05) is 24.3 Å². The van der Waals surface area contributed by atoms with Gasteiger partial charge in [0.1, 0.15) is 0 Å². The summed E-state index contributed by atoms with van der Waals surface area (Å²) in [5.41, 5.74) is 6.94. The van der Waals surface area contributed by atoms with Crippen LogP contribution in [-0.4, -0.2) is 35.7 Å². The molecule has 0 amide bonds. The lowest BCUT2D eigenvalue weighted by atomic mass is 10.1. The maximum Gasteiger partial charge on any atom is 0.0679 e. The van der Waals surface area contributed by atoms with E-state index in [0.29, 0.717) is 13.1 Å². The van der Waals surface area contributed by atoms with Crippen LogP contribution in [0.25, 0.3) is 0 Å². The van der Waals surface area contributed by atoms with Crippen LogP contribution in [0, 0.1) is 0 Å². The first-order valence-corrected chi connectivity index (χ1v) is 5.96. The van der Waals surface area contributed by atoms with Crippen molar-refractivity contribution in [1.82, 2.24) is 4.90 Å². The average molecular weight is 241 g/mol. The van der Waals surface area contributed by atoms with Crippen molar-refractivity contribution in [2.45, 2.75) is 18.6 Å². The molecule has 0 radical (unpaired) electrons. The zero-order valence-corrected chi connectivity index (χ0v) is 9.90. The first-order chi connectivity index (χ1) is 7.70. The number of nitrogens with two attached hydrogens (primary N) is 1. The van der Waals surface area contributed by atoms with Gasteiger partial charge in [0.2, 0.25) is 0 Å². The highest BCUT2D eigenvalue weighted by Gasteiger charge is 2.27. The Morgan fingerprint density at radius 2 is 2.38 bits per heavy atom. The molecule has 0 aromatic heterocycles. The Balaban J connectivity index is 2.16. The highest BCUT2D eigenvalue weighted by atomic mass is 35.5. The lowest BCUT2D eigenvalue weighted by Gasteiger charge is -2.26. The van der Waals surface area contributed by atoms with Crippen LogP contribution in [0.15, 0.2) is 24.3 Å². The van der Waals surface area contributed by atoms with Crippen molar-refractivity contribution >= 4 is 11.6 Å². The summed E-state index contributed by atoms with van der Waals surface area (Å²) in [6, 6.07) is 7.94. The number of hydrogen-bond acceptors (Lipinski definition) is 3. The summed E-state index contributed by atoms with van der Waals surface area (Å²) in [7, 11) is 0. The molecule has 1 aliphatic heterocycles. The lowest BCUT2D eigenvalue weighted by Crippen LogP contribution is -2.32. The molecule has 2 unspecified atom stereocenters. The molecule has 2 rings (SSSR count). The number of benzene rings is 1. The van der Waals surface area contributed by atoms with Gasteiger partial charge in [0, 0.05) is 30.7 Å². The van der Waals surface area contributed by atoms with E-state index in [1.54, 1.807) is 0 Å². The van der Waals surface area contributed by atoms with Crippen LogP contribution in [0.2, 0.25) is 5.02 Å². The smallest absolute Gasteiger partial charge is 0.0679 e. The van der Waals surface area contributed by atoms with Gasteiger partial charge < -0.3 is 10.8 Å². The van der Waals surface area contributed by atoms with Gasteiger partial charge >= 0.3 is 0 Å². The Bertz CT molecular complexity index is 359. The van der Waals surface area contributed by atoms with Crippen molar-refractivity contribution in [1.29, 1.82) is 0 Å². The Kier molecular flexibility index (Phi) is 3.82. The Morgan fingerprint density at radius 1 is 1.56 bits per heavy atom. The fourth-order valence-electron chi connectivity index (χ4n) is 2.26. The minimum absolute atomic E-state index is 0.163. The van der Waals surface area contributed by atoms with Crippen molar-refractivity contribution in [2.75, 3.05) is 19.6 Å². The Morgan fingerprint density at radius 3 is 2.94 bits per heavy atom. The third-order valence-electron chi connectivity index (χ3n) is 3.09. The SMILES string of the molecule is NCC(c1cccc(Cl)c1)N1CCC(O)C1. The van der Waals surface area contributed by atoms with Gasteiger partial charge in [-0.1, -0.05) is 23.7 Å². The van der Waals surface area contributed by atoms with Crippen LogP contribution in [0.4, 0.5) is 0 Å². The Hall–Kier alpha value is -0.610. The maximum absolute atomic E-state index is 9.54. The number of aliphatic hydroxyl groups excluding tert-OH is 1. The molecule has 16 heavy (non-hydrogen) atoms. The molecular formula is C12H17ClN2O. The molecule has 1 aliphatic rings. The molecule has 1 heterocycles. The molecular weight excluding hydrogens is 224 g/mol. The summed E-state index contributed by atoms with van der Waals surface area (Å²) < 4.78 is 0. The predicted octanol–water partition coefficient (Wildman–Crippen LogP) is 1.41. The zero-order chi connectivity index (χ0) is 11.5. The van der Waals surface area contributed by atoms with E-state index in [2.05, 4.69) is 4.90 Å². The number of halogens is 1. The Labute approximate surface area is 101 Å². The molecule has 1 fully saturated rings. The summed E-state index contributed by atoms with van der Waals surface area (Å²) in [4.78, 5) is 2.22. The molecule has 0 saturated carbocycles. The first kappa shape index (κ1) is 11.9. The maximum atomic E-state index is 9.54. The van der Waals surface area contributed by atoms with Crippen molar-refractivity contribution < 1.29 is 5.11 Å². The molecule has 3 nitrogen and oxygen atoms in total.